The van der Waals surface area contributed by atoms with Gasteiger partial charge in [-0.05, 0) is 54.5 Å². The Balaban J connectivity index is 1.68. The predicted molar refractivity (Wildman–Crippen MR) is 104 cm³/mol. The zero-order chi connectivity index (χ0) is 18.5. The number of carbonyl (C=O) groups excluding carboxylic acids is 2. The lowest BCUT2D eigenvalue weighted by atomic mass is 10.0. The summed E-state index contributed by atoms with van der Waals surface area (Å²) >= 11 is 0. The Bertz CT molecular complexity index is 814. The van der Waals surface area contributed by atoms with Crippen molar-refractivity contribution in [2.45, 2.75) is 46.1 Å². The Kier molecular flexibility index (Phi) is 5.71. The molecule has 0 atom stereocenters. The molecule has 0 saturated heterocycles. The number of fused-ring (bicyclic) bond motifs is 1. The zero-order valence-electron chi connectivity index (χ0n) is 15.5. The molecule has 2 aromatic rings. The highest BCUT2D eigenvalue weighted by molar-refractivity contribution is 5.93. The highest BCUT2D eigenvalue weighted by atomic mass is 16.2. The summed E-state index contributed by atoms with van der Waals surface area (Å²) in [6.07, 6.45) is 3.85. The maximum absolute atomic E-state index is 12.5. The van der Waals surface area contributed by atoms with E-state index in [1.807, 2.05) is 31.2 Å². The van der Waals surface area contributed by atoms with E-state index in [2.05, 4.69) is 23.5 Å². The van der Waals surface area contributed by atoms with Crippen molar-refractivity contribution in [3.8, 4) is 0 Å². The first-order chi connectivity index (χ1) is 12.6. The summed E-state index contributed by atoms with van der Waals surface area (Å²) in [7, 11) is 0. The van der Waals surface area contributed by atoms with Crippen LogP contribution in [0.5, 0.6) is 0 Å². The molecule has 0 aromatic heterocycles. The van der Waals surface area contributed by atoms with Gasteiger partial charge in [-0.15, -0.1) is 0 Å². The molecular weight excluding hydrogens is 324 g/mol. The van der Waals surface area contributed by atoms with Crippen LogP contribution in [0.25, 0.3) is 0 Å². The molecule has 1 N–H and O–H groups in total. The van der Waals surface area contributed by atoms with Crippen LogP contribution in [0, 0.1) is 0 Å². The van der Waals surface area contributed by atoms with Crippen LogP contribution in [-0.4, -0.2) is 23.3 Å². The lowest BCUT2D eigenvalue weighted by Crippen LogP contribution is -2.28. The minimum absolute atomic E-state index is 0.0266. The van der Waals surface area contributed by atoms with E-state index >= 15 is 0 Å². The topological polar surface area (TPSA) is 49.4 Å². The number of aryl methyl sites for hydroxylation is 2. The van der Waals surface area contributed by atoms with Gasteiger partial charge in [-0.25, -0.2) is 0 Å². The average molecular weight is 350 g/mol. The molecule has 136 valence electrons. The SMILES string of the molecule is CCN(Cc1ccccc1NC(=O)Cc1ccc2c(c1)CCC2)C(C)=O. The fourth-order valence-electron chi connectivity index (χ4n) is 3.55. The van der Waals surface area contributed by atoms with Gasteiger partial charge in [-0.1, -0.05) is 36.4 Å². The van der Waals surface area contributed by atoms with Gasteiger partial charge in [-0.3, -0.25) is 9.59 Å². The number of hydrogen-bond acceptors (Lipinski definition) is 2. The van der Waals surface area contributed by atoms with Crippen molar-refractivity contribution in [3.05, 3.63) is 64.7 Å². The van der Waals surface area contributed by atoms with Gasteiger partial charge in [0, 0.05) is 25.7 Å². The molecule has 0 saturated carbocycles. The Labute approximate surface area is 155 Å². The first kappa shape index (κ1) is 18.2. The minimum Gasteiger partial charge on any atom is -0.339 e. The van der Waals surface area contributed by atoms with Crippen molar-refractivity contribution in [2.24, 2.45) is 0 Å². The Morgan fingerprint density at radius 2 is 1.85 bits per heavy atom. The van der Waals surface area contributed by atoms with Crippen molar-refractivity contribution in [1.29, 1.82) is 0 Å². The summed E-state index contributed by atoms with van der Waals surface area (Å²) in [4.78, 5) is 26.0. The molecular formula is C22H26N2O2. The summed E-state index contributed by atoms with van der Waals surface area (Å²) in [6, 6.07) is 14.1. The summed E-state index contributed by atoms with van der Waals surface area (Å²) in [6.45, 7) is 4.67. The van der Waals surface area contributed by atoms with E-state index in [4.69, 9.17) is 0 Å². The van der Waals surface area contributed by atoms with Crippen molar-refractivity contribution < 1.29 is 9.59 Å². The van der Waals surface area contributed by atoms with E-state index in [9.17, 15) is 9.59 Å². The molecule has 2 aromatic carbocycles. The molecule has 2 amide bonds. The van der Waals surface area contributed by atoms with Crippen LogP contribution >= 0.6 is 0 Å². The van der Waals surface area contributed by atoms with E-state index in [1.165, 1.54) is 17.5 Å². The number of hydrogen-bond donors (Lipinski definition) is 1. The number of rotatable bonds is 6. The van der Waals surface area contributed by atoms with E-state index in [-0.39, 0.29) is 11.8 Å². The van der Waals surface area contributed by atoms with E-state index in [0.29, 0.717) is 19.5 Å². The molecule has 4 nitrogen and oxygen atoms in total. The first-order valence-electron chi connectivity index (χ1n) is 9.30. The number of benzene rings is 2. The number of nitrogens with one attached hydrogen (secondary N) is 1. The van der Waals surface area contributed by atoms with Crippen molar-refractivity contribution in [1.82, 2.24) is 4.90 Å². The maximum Gasteiger partial charge on any atom is 0.228 e. The molecule has 1 aliphatic carbocycles. The summed E-state index contributed by atoms with van der Waals surface area (Å²) in [5.41, 5.74) is 5.59. The van der Waals surface area contributed by atoms with Crippen LogP contribution in [0.4, 0.5) is 5.69 Å². The molecule has 0 heterocycles. The summed E-state index contributed by atoms with van der Waals surface area (Å²) in [5, 5.41) is 3.02. The van der Waals surface area contributed by atoms with Crippen LogP contribution in [-0.2, 0) is 35.4 Å². The van der Waals surface area contributed by atoms with Gasteiger partial charge in [0.2, 0.25) is 11.8 Å². The number of carbonyl (C=O) groups is 2. The lowest BCUT2D eigenvalue weighted by Gasteiger charge is -2.21. The second-order valence-electron chi connectivity index (χ2n) is 6.87. The van der Waals surface area contributed by atoms with E-state index in [0.717, 1.165) is 29.7 Å². The predicted octanol–water partition coefficient (Wildman–Crippen LogP) is 3.72. The monoisotopic (exact) mass is 350 g/mol. The van der Waals surface area contributed by atoms with E-state index in [1.54, 1.807) is 11.8 Å². The molecule has 3 rings (SSSR count). The third-order valence-corrected chi connectivity index (χ3v) is 5.01. The minimum atomic E-state index is -0.0266. The van der Waals surface area contributed by atoms with Crippen molar-refractivity contribution >= 4 is 17.5 Å². The van der Waals surface area contributed by atoms with Gasteiger partial charge in [0.1, 0.15) is 0 Å². The zero-order valence-corrected chi connectivity index (χ0v) is 15.5. The number of anilines is 1. The third-order valence-electron chi connectivity index (χ3n) is 5.01. The van der Waals surface area contributed by atoms with Gasteiger partial charge >= 0.3 is 0 Å². The fourth-order valence-corrected chi connectivity index (χ4v) is 3.55. The van der Waals surface area contributed by atoms with Gasteiger partial charge < -0.3 is 10.2 Å². The molecule has 0 radical (unpaired) electrons. The first-order valence-corrected chi connectivity index (χ1v) is 9.30. The largest absolute Gasteiger partial charge is 0.339 e. The molecule has 0 spiro atoms. The van der Waals surface area contributed by atoms with Gasteiger partial charge in [0.05, 0.1) is 6.42 Å². The summed E-state index contributed by atoms with van der Waals surface area (Å²) in [5.74, 6) is 0.00745. The standard InChI is InChI=1S/C22H26N2O2/c1-3-24(16(2)25)15-20-7-4-5-10-21(20)23-22(26)14-17-11-12-18-8-6-9-19(18)13-17/h4-5,7,10-13H,3,6,8-9,14-15H2,1-2H3,(H,23,26). The normalized spacial score (nSPS) is 12.5. The lowest BCUT2D eigenvalue weighted by molar-refractivity contribution is -0.129. The van der Waals surface area contributed by atoms with Crippen LogP contribution in [0.3, 0.4) is 0 Å². The van der Waals surface area contributed by atoms with E-state index < -0.39 is 0 Å². The molecule has 0 bridgehead atoms. The molecule has 0 unspecified atom stereocenters. The van der Waals surface area contributed by atoms with Crippen LogP contribution in [0.1, 0.15) is 42.5 Å². The van der Waals surface area contributed by atoms with Crippen molar-refractivity contribution in [2.75, 3.05) is 11.9 Å². The Morgan fingerprint density at radius 1 is 1.08 bits per heavy atom. The Hall–Kier alpha value is -2.62. The molecule has 4 heteroatoms. The third kappa shape index (κ3) is 4.31. The smallest absolute Gasteiger partial charge is 0.228 e. The second-order valence-corrected chi connectivity index (χ2v) is 6.87. The van der Waals surface area contributed by atoms with Crippen LogP contribution in [0.15, 0.2) is 42.5 Å². The quantitative estimate of drug-likeness (QED) is 0.863. The number of para-hydroxylation sites is 1. The van der Waals surface area contributed by atoms with Gasteiger partial charge in [0.15, 0.2) is 0 Å². The molecule has 0 fully saturated rings. The second kappa shape index (κ2) is 8.17. The Morgan fingerprint density at radius 3 is 2.62 bits per heavy atom. The highest BCUT2D eigenvalue weighted by Gasteiger charge is 2.14. The fraction of sp³-hybridized carbons (Fsp3) is 0.364. The summed E-state index contributed by atoms with van der Waals surface area (Å²) < 4.78 is 0. The van der Waals surface area contributed by atoms with Crippen LogP contribution in [0.2, 0.25) is 0 Å². The molecule has 0 aliphatic heterocycles. The average Bonchev–Trinajstić information content (AvgIpc) is 3.08. The number of nitrogens with zero attached hydrogens (tertiary/aromatic N) is 1. The van der Waals surface area contributed by atoms with Crippen molar-refractivity contribution in [3.63, 3.8) is 0 Å². The molecule has 26 heavy (non-hydrogen) atoms. The highest BCUT2D eigenvalue weighted by Crippen LogP contribution is 2.23. The van der Waals surface area contributed by atoms with Crippen LogP contribution < -0.4 is 5.32 Å². The van der Waals surface area contributed by atoms with Gasteiger partial charge in [0.25, 0.3) is 0 Å². The maximum atomic E-state index is 12.5. The van der Waals surface area contributed by atoms with Gasteiger partial charge in [-0.2, -0.15) is 0 Å². The molecule has 1 aliphatic rings. The number of amides is 2.